The molecule has 2 atom stereocenters. The van der Waals surface area contributed by atoms with Gasteiger partial charge in [-0.05, 0) is 18.7 Å². The van der Waals surface area contributed by atoms with Crippen molar-refractivity contribution < 1.29 is 16.1 Å². The van der Waals surface area contributed by atoms with Gasteiger partial charge in [0.05, 0.1) is 7.45 Å². The molecule has 0 heterocycles. The minimum Gasteiger partial charge on any atom is -0.393 e. The molecule has 1 heteroatoms. The molecular weight excluding hydrogens is 100 g/mol. The van der Waals surface area contributed by atoms with Crippen LogP contribution in [0.1, 0.15) is 43.4 Å². The zero-order chi connectivity index (χ0) is 13.2. The van der Waals surface area contributed by atoms with Gasteiger partial charge in [-0.2, -0.15) is 0 Å². The maximum atomic E-state index is 9.64. The third kappa shape index (κ3) is 1.22. The summed E-state index contributed by atoms with van der Waals surface area (Å²) in [5.74, 6) is -2.45. The van der Waals surface area contributed by atoms with Crippen molar-refractivity contribution in [3.8, 4) is 0 Å². The zero-order valence-electron chi connectivity index (χ0n) is 12.7. The van der Waals surface area contributed by atoms with E-state index < -0.39 is 37.5 Å². The van der Waals surface area contributed by atoms with E-state index in [4.69, 9.17) is 11.0 Å². The van der Waals surface area contributed by atoms with Crippen LogP contribution in [0.3, 0.4) is 0 Å². The minimum absolute atomic E-state index is 0.910. The Morgan fingerprint density at radius 2 is 2.50 bits per heavy atom. The molecule has 48 valence electrons. The van der Waals surface area contributed by atoms with E-state index in [1.54, 1.807) is 0 Å². The average molecular weight is 122 g/mol. The molecule has 0 radical (unpaired) electrons. The van der Waals surface area contributed by atoms with E-state index in [2.05, 4.69) is 0 Å². The van der Waals surface area contributed by atoms with Gasteiger partial charge in [0, 0.05) is 9.60 Å². The smallest absolute Gasteiger partial charge is 0.0603 e. The van der Waals surface area contributed by atoms with Crippen molar-refractivity contribution in [2.45, 2.75) is 38.5 Å². The molecule has 1 nitrogen and oxygen atoms in total. The molecule has 1 rings (SSSR count). The van der Waals surface area contributed by atoms with Crippen LogP contribution in [0.4, 0.5) is 0 Å². The summed E-state index contributed by atoms with van der Waals surface area (Å²) in [5.41, 5.74) is 0. The molecule has 0 spiro atoms. The summed E-state index contributed by atoms with van der Waals surface area (Å²) in [6.07, 6.45) is -12.2. The third-order valence-corrected chi connectivity index (χ3v) is 1.03. The van der Waals surface area contributed by atoms with Crippen molar-refractivity contribution in [2.75, 3.05) is 0 Å². The molecule has 1 aliphatic carbocycles. The Balaban J connectivity index is 3.43. The van der Waals surface area contributed by atoms with Crippen LogP contribution in [-0.2, 0) is 0 Å². The van der Waals surface area contributed by atoms with Gasteiger partial charge in [-0.15, -0.1) is 0 Å². The molecule has 0 aromatic rings. The van der Waals surface area contributed by atoms with Crippen LogP contribution in [0.5, 0.6) is 0 Å². The van der Waals surface area contributed by atoms with Gasteiger partial charge in [-0.1, -0.05) is 19.7 Å². The number of hydrogen-bond acceptors (Lipinski definition) is 1. The van der Waals surface area contributed by atoms with E-state index >= 15 is 0 Å². The molecule has 0 amide bonds. The molecule has 8 heavy (non-hydrogen) atoms. The first-order valence-corrected chi connectivity index (χ1v) is 2.43. The monoisotopic (exact) mass is 122 g/mol. The van der Waals surface area contributed by atoms with E-state index in [9.17, 15) is 5.11 Å². The molecular formula is C7H14O. The summed E-state index contributed by atoms with van der Waals surface area (Å²) in [5, 5.41) is 9.64. The highest BCUT2D eigenvalue weighted by molar-refractivity contribution is 4.69. The molecule has 1 saturated carbocycles. The molecule has 0 bridgehead atoms. The maximum Gasteiger partial charge on any atom is 0.0603 e. The van der Waals surface area contributed by atoms with Gasteiger partial charge in [0.1, 0.15) is 0 Å². The fourth-order valence-electron chi connectivity index (χ4n) is 0.471. The van der Waals surface area contributed by atoms with E-state index in [0.717, 1.165) is 6.92 Å². The van der Waals surface area contributed by atoms with E-state index in [0.29, 0.717) is 0 Å². The highest BCUT2D eigenvalue weighted by Crippen LogP contribution is 2.22. The Morgan fingerprint density at radius 3 is 3.25 bits per heavy atom. The summed E-state index contributed by atoms with van der Waals surface area (Å²) in [6.45, 7) is 0.910. The second-order valence-electron chi connectivity index (χ2n) is 1.68. The Hall–Kier alpha value is -0.0400. The standard InChI is InChI=1S/C7H14O/c1-6-4-2-3-5-7(6)8/h6-8H,2-5H2,1H3/i2D2,3D2,4D2,6D,7D. The van der Waals surface area contributed by atoms with Crippen molar-refractivity contribution in [1.82, 2.24) is 0 Å². The predicted octanol–water partition coefficient (Wildman–Crippen LogP) is 1.56. The van der Waals surface area contributed by atoms with E-state index in [1.165, 1.54) is 0 Å². The van der Waals surface area contributed by atoms with Gasteiger partial charge < -0.3 is 5.11 Å². The van der Waals surface area contributed by atoms with E-state index in [-0.39, 0.29) is 0 Å². The summed E-state index contributed by atoms with van der Waals surface area (Å²) in [6, 6.07) is 0. The van der Waals surface area contributed by atoms with Crippen LogP contribution < -0.4 is 0 Å². The Bertz CT molecular complexity index is 280. The lowest BCUT2D eigenvalue weighted by Gasteiger charge is -2.23. The SMILES string of the molecule is [2H]C1([2H])CC([2H])(O)C([2H])(C)C([2H])([2H])C1([2H])[2H]. The van der Waals surface area contributed by atoms with Crippen LogP contribution in [0.25, 0.3) is 0 Å². The molecule has 2 unspecified atom stereocenters. The summed E-state index contributed by atoms with van der Waals surface area (Å²) >= 11 is 0. The van der Waals surface area contributed by atoms with Crippen LogP contribution in [-0.4, -0.2) is 11.2 Å². The minimum atomic E-state index is -2.97. The lowest BCUT2D eigenvalue weighted by atomic mass is 9.88. The number of aliphatic hydroxyl groups is 1. The van der Waals surface area contributed by atoms with Crippen molar-refractivity contribution in [3.05, 3.63) is 0 Å². The zero-order valence-corrected chi connectivity index (χ0v) is 4.65. The van der Waals surface area contributed by atoms with Gasteiger partial charge in [-0.25, -0.2) is 0 Å². The molecule has 1 N–H and O–H groups in total. The Kier molecular flexibility index (Phi) is 0.472. The fraction of sp³-hybridized carbons (Fsp3) is 1.00. The second-order valence-corrected chi connectivity index (χ2v) is 1.68. The van der Waals surface area contributed by atoms with Crippen molar-refractivity contribution in [3.63, 3.8) is 0 Å². The van der Waals surface area contributed by atoms with Gasteiger partial charge >= 0.3 is 0 Å². The second kappa shape index (κ2) is 2.49. The van der Waals surface area contributed by atoms with Crippen LogP contribution in [0, 0.1) is 5.89 Å². The summed E-state index contributed by atoms with van der Waals surface area (Å²) in [7, 11) is 0. The maximum absolute atomic E-state index is 9.64. The van der Waals surface area contributed by atoms with E-state index in [1.807, 2.05) is 0 Å². The Labute approximate surface area is 62.0 Å². The van der Waals surface area contributed by atoms with Crippen molar-refractivity contribution in [1.29, 1.82) is 0 Å². The lowest BCUT2D eigenvalue weighted by Crippen LogP contribution is -2.21. The van der Waals surface area contributed by atoms with Gasteiger partial charge in [-0.3, -0.25) is 0 Å². The summed E-state index contributed by atoms with van der Waals surface area (Å²) in [4.78, 5) is 0. The molecule has 1 fully saturated rings. The first kappa shape index (κ1) is 1.51. The first-order valence-electron chi connectivity index (χ1n) is 6.43. The molecule has 0 aliphatic heterocycles. The highest BCUT2D eigenvalue weighted by atomic mass is 16.3. The molecule has 0 aromatic carbocycles. The largest absolute Gasteiger partial charge is 0.393 e. The average Bonchev–Trinajstić information content (AvgIpc) is 1.98. The topological polar surface area (TPSA) is 20.2 Å². The fourth-order valence-corrected chi connectivity index (χ4v) is 0.471. The van der Waals surface area contributed by atoms with Crippen molar-refractivity contribution >= 4 is 0 Å². The van der Waals surface area contributed by atoms with Crippen LogP contribution >= 0.6 is 0 Å². The third-order valence-electron chi connectivity index (χ3n) is 1.03. The molecule has 0 aromatic heterocycles. The summed E-state index contributed by atoms with van der Waals surface area (Å²) < 4.78 is 59.9. The predicted molar refractivity (Wildman–Crippen MR) is 33.6 cm³/mol. The van der Waals surface area contributed by atoms with Gasteiger partial charge in [0.2, 0.25) is 0 Å². The van der Waals surface area contributed by atoms with Gasteiger partial charge in [0.25, 0.3) is 0 Å². The van der Waals surface area contributed by atoms with Crippen LogP contribution in [0.2, 0.25) is 0 Å². The quantitative estimate of drug-likeness (QED) is 0.517. The van der Waals surface area contributed by atoms with Gasteiger partial charge in [0.15, 0.2) is 0 Å². The lowest BCUT2D eigenvalue weighted by molar-refractivity contribution is 0.0793. The van der Waals surface area contributed by atoms with Crippen LogP contribution in [0.15, 0.2) is 0 Å². The molecule has 0 saturated heterocycles. The van der Waals surface area contributed by atoms with Crippen molar-refractivity contribution in [2.24, 2.45) is 5.89 Å². The highest BCUT2D eigenvalue weighted by Gasteiger charge is 2.17. The Morgan fingerprint density at radius 1 is 1.75 bits per heavy atom. The molecule has 1 aliphatic rings. The first-order chi connectivity index (χ1) is 6.71. The number of rotatable bonds is 0. The normalized spacial score (nSPS) is 91.8. The number of hydrogen-bond donors (Lipinski definition) is 1.